The van der Waals surface area contributed by atoms with E-state index in [2.05, 4.69) is 28.8 Å². The molecule has 0 atom stereocenters. The molecule has 7 heteroatoms. The number of hydrogen-bond donors (Lipinski definition) is 2. The lowest BCUT2D eigenvalue weighted by atomic mass is 9.79. The first-order chi connectivity index (χ1) is 13.4. The molecule has 1 aromatic carbocycles. The smallest absolute Gasteiger partial charge is 0.387 e. The fourth-order valence-electron chi connectivity index (χ4n) is 4.52. The quantitative estimate of drug-likeness (QED) is 0.657. The summed E-state index contributed by atoms with van der Waals surface area (Å²) in [5.74, 6) is 0.0940. The van der Waals surface area contributed by atoms with Crippen LogP contribution in [0.2, 0.25) is 0 Å². The standard InChI is InChI=1S/C21H32F2N2O3/c1-3-27-16-6-10-21(2,11-7-16)25-12-8-15(9-13-25)24-18-14-17(28-20(22)23)4-5-19(18)26/h4-5,14-16,20,24,26H,3,6-13H2,1-2H3/t16-,21-. The number of piperidine rings is 1. The van der Waals surface area contributed by atoms with Crippen molar-refractivity contribution in [2.45, 2.75) is 76.7 Å². The molecule has 2 N–H and O–H groups in total. The number of phenols is 1. The van der Waals surface area contributed by atoms with Gasteiger partial charge in [-0.15, -0.1) is 0 Å². The van der Waals surface area contributed by atoms with Gasteiger partial charge in [-0.3, -0.25) is 4.90 Å². The lowest BCUT2D eigenvalue weighted by molar-refractivity contribution is -0.0498. The first-order valence-electron chi connectivity index (χ1n) is 10.3. The van der Waals surface area contributed by atoms with Crippen molar-refractivity contribution in [3.8, 4) is 11.5 Å². The number of nitrogens with one attached hydrogen (secondary N) is 1. The fraction of sp³-hybridized carbons (Fsp3) is 0.714. The van der Waals surface area contributed by atoms with Crippen LogP contribution in [0.25, 0.3) is 0 Å². The van der Waals surface area contributed by atoms with Crippen molar-refractivity contribution in [1.29, 1.82) is 0 Å². The van der Waals surface area contributed by atoms with Gasteiger partial charge in [0, 0.05) is 37.3 Å². The van der Waals surface area contributed by atoms with Crippen LogP contribution in [0.15, 0.2) is 18.2 Å². The monoisotopic (exact) mass is 398 g/mol. The predicted octanol–water partition coefficient (Wildman–Crippen LogP) is 4.61. The minimum Gasteiger partial charge on any atom is -0.506 e. The van der Waals surface area contributed by atoms with E-state index in [1.807, 2.05) is 0 Å². The Kier molecular flexibility index (Phi) is 6.99. The Morgan fingerprint density at radius 3 is 2.50 bits per heavy atom. The number of halogens is 2. The zero-order valence-electron chi connectivity index (χ0n) is 16.8. The van der Waals surface area contributed by atoms with Crippen LogP contribution >= 0.6 is 0 Å². The molecule has 2 aliphatic rings. The van der Waals surface area contributed by atoms with Crippen molar-refractivity contribution in [1.82, 2.24) is 4.90 Å². The summed E-state index contributed by atoms with van der Waals surface area (Å²) in [6.45, 7) is 4.30. The first kappa shape index (κ1) is 21.1. The van der Waals surface area contributed by atoms with Crippen molar-refractivity contribution in [2.75, 3.05) is 25.0 Å². The second-order valence-electron chi connectivity index (χ2n) is 8.11. The Morgan fingerprint density at radius 2 is 1.89 bits per heavy atom. The zero-order chi connectivity index (χ0) is 20.1. The lowest BCUT2D eigenvalue weighted by Gasteiger charge is -2.48. The normalized spacial score (nSPS) is 27.1. The molecule has 3 rings (SSSR count). The molecule has 0 aromatic heterocycles. The third-order valence-electron chi connectivity index (χ3n) is 6.22. The first-order valence-corrected chi connectivity index (χ1v) is 10.3. The van der Waals surface area contributed by atoms with Crippen molar-refractivity contribution in [3.05, 3.63) is 18.2 Å². The highest BCUT2D eigenvalue weighted by Gasteiger charge is 2.38. The van der Waals surface area contributed by atoms with E-state index in [0.717, 1.165) is 58.2 Å². The summed E-state index contributed by atoms with van der Waals surface area (Å²) < 4.78 is 35.0. The van der Waals surface area contributed by atoms with Gasteiger partial charge in [-0.25, -0.2) is 0 Å². The molecule has 0 bridgehead atoms. The number of likely N-dealkylation sites (tertiary alicyclic amines) is 1. The largest absolute Gasteiger partial charge is 0.506 e. The Morgan fingerprint density at radius 1 is 1.21 bits per heavy atom. The molecule has 1 aliphatic heterocycles. The van der Waals surface area contributed by atoms with E-state index in [-0.39, 0.29) is 23.1 Å². The van der Waals surface area contributed by atoms with E-state index in [1.165, 1.54) is 18.2 Å². The van der Waals surface area contributed by atoms with E-state index in [9.17, 15) is 13.9 Å². The summed E-state index contributed by atoms with van der Waals surface area (Å²) in [5.41, 5.74) is 0.672. The second kappa shape index (κ2) is 9.27. The maximum Gasteiger partial charge on any atom is 0.387 e. The number of aromatic hydroxyl groups is 1. The Balaban J connectivity index is 1.52. The van der Waals surface area contributed by atoms with Gasteiger partial charge in [0.05, 0.1) is 11.8 Å². The number of hydrogen-bond acceptors (Lipinski definition) is 5. The molecule has 0 radical (unpaired) electrons. The molecule has 28 heavy (non-hydrogen) atoms. The van der Waals surface area contributed by atoms with Crippen LogP contribution in [-0.2, 0) is 4.74 Å². The third kappa shape index (κ3) is 5.26. The minimum atomic E-state index is -2.88. The van der Waals surface area contributed by atoms with Crippen LogP contribution in [0.5, 0.6) is 11.5 Å². The van der Waals surface area contributed by atoms with Crippen molar-refractivity contribution in [3.63, 3.8) is 0 Å². The maximum absolute atomic E-state index is 12.4. The Labute approximate surface area is 166 Å². The van der Waals surface area contributed by atoms with E-state index in [1.54, 1.807) is 0 Å². The van der Waals surface area contributed by atoms with E-state index in [4.69, 9.17) is 4.74 Å². The number of phenolic OH excluding ortho intramolecular Hbond substituents is 1. The van der Waals surface area contributed by atoms with E-state index >= 15 is 0 Å². The number of nitrogens with zero attached hydrogens (tertiary/aromatic N) is 1. The predicted molar refractivity (Wildman–Crippen MR) is 105 cm³/mol. The number of ether oxygens (including phenoxy) is 2. The van der Waals surface area contributed by atoms with Gasteiger partial charge in [0.15, 0.2) is 0 Å². The SMILES string of the molecule is CCO[C@H]1CC[C@](C)(N2CCC(Nc3cc(OC(F)F)ccc3O)CC2)CC1. The highest BCUT2D eigenvalue weighted by atomic mass is 19.3. The molecular formula is C21H32F2N2O3. The third-order valence-corrected chi connectivity index (χ3v) is 6.22. The van der Waals surface area contributed by atoms with Gasteiger partial charge in [0.1, 0.15) is 11.5 Å². The van der Waals surface area contributed by atoms with Crippen molar-refractivity contribution < 1.29 is 23.4 Å². The summed E-state index contributed by atoms with van der Waals surface area (Å²) >= 11 is 0. The average molecular weight is 398 g/mol. The van der Waals surface area contributed by atoms with Gasteiger partial charge in [-0.1, -0.05) is 0 Å². The Bertz CT molecular complexity index is 628. The molecule has 1 aromatic rings. The highest BCUT2D eigenvalue weighted by Crippen LogP contribution is 2.37. The van der Waals surface area contributed by atoms with Crippen LogP contribution in [-0.4, -0.2) is 54.0 Å². The van der Waals surface area contributed by atoms with Gasteiger partial charge in [-0.2, -0.15) is 8.78 Å². The van der Waals surface area contributed by atoms with Crippen molar-refractivity contribution >= 4 is 5.69 Å². The van der Waals surface area contributed by atoms with Crippen LogP contribution in [0.3, 0.4) is 0 Å². The van der Waals surface area contributed by atoms with Crippen LogP contribution in [0, 0.1) is 0 Å². The summed E-state index contributed by atoms with van der Waals surface area (Å²) in [7, 11) is 0. The summed E-state index contributed by atoms with van der Waals surface area (Å²) in [4.78, 5) is 2.59. The number of rotatable bonds is 7. The summed E-state index contributed by atoms with van der Waals surface area (Å²) in [5, 5.41) is 13.3. The molecule has 1 saturated carbocycles. The van der Waals surface area contributed by atoms with Crippen molar-refractivity contribution in [2.24, 2.45) is 0 Å². The molecule has 2 fully saturated rings. The second-order valence-corrected chi connectivity index (χ2v) is 8.11. The Hall–Kier alpha value is -1.60. The fourth-order valence-corrected chi connectivity index (χ4v) is 4.52. The molecule has 0 unspecified atom stereocenters. The summed E-state index contributed by atoms with van der Waals surface area (Å²) in [6, 6.07) is 4.36. The average Bonchev–Trinajstić information content (AvgIpc) is 2.67. The molecule has 158 valence electrons. The number of benzene rings is 1. The molecule has 1 heterocycles. The van der Waals surface area contributed by atoms with Gasteiger partial charge >= 0.3 is 6.61 Å². The van der Waals surface area contributed by atoms with Crippen LogP contribution in [0.4, 0.5) is 14.5 Å². The van der Waals surface area contributed by atoms with Crippen LogP contribution < -0.4 is 10.1 Å². The number of alkyl halides is 2. The van der Waals surface area contributed by atoms with Gasteiger partial charge in [-0.05, 0) is 64.5 Å². The molecule has 5 nitrogen and oxygen atoms in total. The summed E-state index contributed by atoms with van der Waals surface area (Å²) in [6.07, 6.45) is 6.85. The minimum absolute atomic E-state index is 0.0465. The maximum atomic E-state index is 12.4. The van der Waals surface area contributed by atoms with Gasteiger partial charge in [0.25, 0.3) is 0 Å². The molecule has 1 saturated heterocycles. The highest BCUT2D eigenvalue weighted by molar-refractivity contribution is 5.59. The number of anilines is 1. The molecule has 0 spiro atoms. The van der Waals surface area contributed by atoms with Gasteiger partial charge < -0.3 is 19.9 Å². The van der Waals surface area contributed by atoms with E-state index < -0.39 is 6.61 Å². The van der Waals surface area contributed by atoms with E-state index in [0.29, 0.717) is 11.8 Å². The van der Waals surface area contributed by atoms with Gasteiger partial charge in [0.2, 0.25) is 0 Å². The zero-order valence-corrected chi connectivity index (χ0v) is 16.8. The topological polar surface area (TPSA) is 54.0 Å². The lowest BCUT2D eigenvalue weighted by Crippen LogP contribution is -2.53. The van der Waals surface area contributed by atoms with Crippen LogP contribution in [0.1, 0.15) is 52.4 Å². The molecule has 1 aliphatic carbocycles. The molecular weight excluding hydrogens is 366 g/mol. The molecule has 0 amide bonds.